The van der Waals surface area contributed by atoms with Crippen molar-refractivity contribution >= 4 is 13.8 Å². The van der Waals surface area contributed by atoms with Crippen LogP contribution in [0.2, 0.25) is 0 Å². The molecule has 0 bridgehead atoms. The van der Waals surface area contributed by atoms with E-state index in [1.807, 2.05) is 21.1 Å². The van der Waals surface area contributed by atoms with Crippen LogP contribution in [0.5, 0.6) is 0 Å². The smallest absolute Gasteiger partial charge is 0.303 e. The summed E-state index contributed by atoms with van der Waals surface area (Å²) in [6, 6.07) is 0. The maximum Gasteiger partial charge on any atom is 0.303 e. The number of ether oxygens (including phenoxy) is 2. The highest BCUT2D eigenvalue weighted by atomic mass is 31.2. The van der Waals surface area contributed by atoms with E-state index < -0.39 is 19.9 Å². The van der Waals surface area contributed by atoms with Crippen LogP contribution in [0.25, 0.3) is 0 Å². The van der Waals surface area contributed by atoms with E-state index in [1.165, 1.54) is 32.6 Å². The number of carbonyl (C=O) groups excluding carboxylic acids is 1. The van der Waals surface area contributed by atoms with Gasteiger partial charge in [-0.2, -0.15) is 0 Å². The Morgan fingerprint density at radius 3 is 1.62 bits per heavy atom. The third-order valence-electron chi connectivity index (χ3n) is 6.82. The number of quaternary nitrogens is 1. The molecule has 8 nitrogen and oxygen atoms in total. The molecule has 0 N–H and O–H groups in total. The predicted molar refractivity (Wildman–Crippen MR) is 194 cm³/mol. The topological polar surface area (TPSA) is 94.1 Å². The van der Waals surface area contributed by atoms with E-state index >= 15 is 0 Å². The maximum absolute atomic E-state index is 12.0. The molecule has 0 aromatic heterocycles. The minimum atomic E-state index is -4.48. The SMILES string of the molecule is CC/C=C\C/C=C\C/C=C\C/C=C\C/C=C\C/C=C\CCCCCCCCCOCC(COP(=O)([O-])OCC[N+](C)(C)C)OC(C)=O. The van der Waals surface area contributed by atoms with Crippen molar-refractivity contribution in [2.75, 3.05) is 54.1 Å². The van der Waals surface area contributed by atoms with Crippen molar-refractivity contribution in [1.29, 1.82) is 0 Å². The van der Waals surface area contributed by atoms with Gasteiger partial charge in [-0.1, -0.05) is 112 Å². The van der Waals surface area contributed by atoms with Crippen molar-refractivity contribution in [1.82, 2.24) is 0 Å². The quantitative estimate of drug-likeness (QED) is 0.0237. The van der Waals surface area contributed by atoms with E-state index in [-0.39, 0.29) is 19.8 Å². The number of unbranched alkanes of at least 4 members (excludes halogenated alkanes) is 7. The van der Waals surface area contributed by atoms with Crippen LogP contribution in [0.3, 0.4) is 0 Å². The molecule has 0 spiro atoms. The van der Waals surface area contributed by atoms with Gasteiger partial charge >= 0.3 is 5.97 Å². The van der Waals surface area contributed by atoms with Crippen LogP contribution in [-0.2, 0) is 27.9 Å². The van der Waals surface area contributed by atoms with E-state index in [0.717, 1.165) is 64.2 Å². The zero-order valence-electron chi connectivity index (χ0n) is 30.2. The molecule has 9 heteroatoms. The molecular formula is C38H66NO7P. The molecule has 270 valence electrons. The minimum absolute atomic E-state index is 0.0164. The summed E-state index contributed by atoms with van der Waals surface area (Å²) in [6.45, 7) is 4.22. The summed E-state index contributed by atoms with van der Waals surface area (Å²) in [4.78, 5) is 23.4. The molecule has 0 rings (SSSR count). The Bertz CT molecular complexity index is 979. The summed E-state index contributed by atoms with van der Waals surface area (Å²) >= 11 is 0. The van der Waals surface area contributed by atoms with E-state index in [2.05, 4.69) is 79.8 Å². The molecule has 0 aliphatic carbocycles. The molecule has 0 aliphatic heterocycles. The maximum atomic E-state index is 12.0. The largest absolute Gasteiger partial charge is 0.756 e. The Hall–Kier alpha value is -2.06. The summed E-state index contributed by atoms with van der Waals surface area (Å²) < 4.78 is 33.1. The lowest BCUT2D eigenvalue weighted by atomic mass is 10.1. The van der Waals surface area contributed by atoms with Crippen molar-refractivity contribution in [3.8, 4) is 0 Å². The van der Waals surface area contributed by atoms with E-state index in [4.69, 9.17) is 18.5 Å². The third-order valence-corrected chi connectivity index (χ3v) is 7.79. The van der Waals surface area contributed by atoms with Crippen LogP contribution in [0.15, 0.2) is 72.9 Å². The molecule has 0 saturated heterocycles. The number of esters is 1. The average molecular weight is 680 g/mol. The highest BCUT2D eigenvalue weighted by Gasteiger charge is 2.19. The second-order valence-electron chi connectivity index (χ2n) is 12.6. The number of allylic oxidation sites excluding steroid dienone is 12. The first-order valence-corrected chi connectivity index (χ1v) is 19.1. The molecule has 0 fully saturated rings. The lowest BCUT2D eigenvalue weighted by Gasteiger charge is -2.28. The van der Waals surface area contributed by atoms with Gasteiger partial charge in [-0.3, -0.25) is 9.36 Å². The molecule has 0 aromatic carbocycles. The molecule has 47 heavy (non-hydrogen) atoms. The number of carbonyl (C=O) groups is 1. The Labute approximate surface area is 287 Å². The lowest BCUT2D eigenvalue weighted by molar-refractivity contribution is -0.870. The first kappa shape index (κ1) is 44.9. The predicted octanol–water partition coefficient (Wildman–Crippen LogP) is 8.96. The van der Waals surface area contributed by atoms with Gasteiger partial charge in [0, 0.05) is 13.5 Å². The zero-order chi connectivity index (χ0) is 34.9. The van der Waals surface area contributed by atoms with Crippen molar-refractivity contribution in [2.24, 2.45) is 0 Å². The van der Waals surface area contributed by atoms with Gasteiger partial charge in [-0.15, -0.1) is 0 Å². The van der Waals surface area contributed by atoms with Crippen LogP contribution in [-0.4, -0.2) is 70.7 Å². The molecule has 0 heterocycles. The fourth-order valence-electron chi connectivity index (χ4n) is 4.19. The van der Waals surface area contributed by atoms with Gasteiger partial charge in [0.2, 0.25) is 0 Å². The van der Waals surface area contributed by atoms with Crippen molar-refractivity contribution < 1.29 is 37.3 Å². The Kier molecular flexibility index (Phi) is 29.9. The van der Waals surface area contributed by atoms with Gasteiger partial charge in [-0.05, 0) is 57.8 Å². The highest BCUT2D eigenvalue weighted by Crippen LogP contribution is 2.38. The average Bonchev–Trinajstić information content (AvgIpc) is 3.00. The zero-order valence-corrected chi connectivity index (χ0v) is 31.1. The Balaban J connectivity index is 3.73. The summed E-state index contributed by atoms with van der Waals surface area (Å²) in [6.07, 6.45) is 41.2. The van der Waals surface area contributed by atoms with Crippen LogP contribution >= 0.6 is 7.82 Å². The van der Waals surface area contributed by atoms with Gasteiger partial charge in [0.25, 0.3) is 7.82 Å². The number of rotatable bonds is 31. The van der Waals surface area contributed by atoms with Gasteiger partial charge in [-0.25, -0.2) is 0 Å². The fourth-order valence-corrected chi connectivity index (χ4v) is 4.92. The van der Waals surface area contributed by atoms with Crippen molar-refractivity contribution in [3.63, 3.8) is 0 Å². The molecular weight excluding hydrogens is 613 g/mol. The van der Waals surface area contributed by atoms with E-state index in [9.17, 15) is 14.3 Å². The highest BCUT2D eigenvalue weighted by molar-refractivity contribution is 7.45. The molecule has 2 atom stereocenters. The first-order chi connectivity index (χ1) is 22.6. The number of hydrogen-bond acceptors (Lipinski definition) is 7. The fraction of sp³-hybridized carbons (Fsp3) is 0.658. The normalized spacial score (nSPS) is 14.9. The summed E-state index contributed by atoms with van der Waals surface area (Å²) in [5.74, 6) is -0.519. The standard InChI is InChI=1S/C38H66NO7P/c1-6-7-8-9-10-11-12-13-14-15-16-17-18-19-20-21-22-23-24-25-26-27-28-29-30-31-33-43-35-38(46-37(2)40)36-45-47(41,42)44-34-32-39(3,4)5/h7-8,10-11,13-14,16-17,19-20,22-23,38H,6,9,12,15,18,21,24-36H2,1-5H3/b8-7-,11-10-,14-13-,17-16-,20-19-,23-22-. The van der Waals surface area contributed by atoms with Crippen LogP contribution in [0.1, 0.15) is 104 Å². The molecule has 0 saturated carbocycles. The Morgan fingerprint density at radius 1 is 0.660 bits per heavy atom. The monoisotopic (exact) mass is 679 g/mol. The van der Waals surface area contributed by atoms with E-state index in [1.54, 1.807) is 0 Å². The number of phosphoric ester groups is 1. The van der Waals surface area contributed by atoms with Gasteiger partial charge < -0.3 is 27.9 Å². The number of phosphoric acid groups is 1. The molecule has 2 unspecified atom stereocenters. The van der Waals surface area contributed by atoms with Crippen molar-refractivity contribution in [2.45, 2.75) is 110 Å². The number of nitrogens with zero attached hydrogens (tertiary/aromatic N) is 1. The second-order valence-corrected chi connectivity index (χ2v) is 14.0. The van der Waals surface area contributed by atoms with Gasteiger partial charge in [0.1, 0.15) is 19.3 Å². The second kappa shape index (κ2) is 31.2. The third kappa shape index (κ3) is 36.6. The lowest BCUT2D eigenvalue weighted by Crippen LogP contribution is -2.37. The molecule has 0 radical (unpaired) electrons. The van der Waals surface area contributed by atoms with Gasteiger partial charge in [0.15, 0.2) is 0 Å². The minimum Gasteiger partial charge on any atom is -0.756 e. The number of hydrogen-bond donors (Lipinski definition) is 0. The summed E-state index contributed by atoms with van der Waals surface area (Å²) in [7, 11) is 1.32. The molecule has 0 aliphatic rings. The van der Waals surface area contributed by atoms with Crippen molar-refractivity contribution in [3.05, 3.63) is 72.9 Å². The molecule has 0 amide bonds. The van der Waals surface area contributed by atoms with Crippen LogP contribution in [0, 0.1) is 0 Å². The summed E-state index contributed by atoms with van der Waals surface area (Å²) in [5, 5.41) is 0. The number of likely N-dealkylation sites (N-methyl/N-ethyl adjacent to an activating group) is 1. The van der Waals surface area contributed by atoms with Gasteiger partial charge in [0.05, 0.1) is 34.4 Å². The van der Waals surface area contributed by atoms with Crippen LogP contribution in [0.4, 0.5) is 0 Å². The summed E-state index contributed by atoms with van der Waals surface area (Å²) in [5.41, 5.74) is 0. The molecule has 0 aromatic rings. The first-order valence-electron chi connectivity index (χ1n) is 17.6. The van der Waals surface area contributed by atoms with Crippen LogP contribution < -0.4 is 4.89 Å². The Morgan fingerprint density at radius 2 is 1.13 bits per heavy atom. The van der Waals surface area contributed by atoms with E-state index in [0.29, 0.717) is 17.6 Å².